The van der Waals surface area contributed by atoms with Gasteiger partial charge in [-0.2, -0.15) is 0 Å². The van der Waals surface area contributed by atoms with Crippen molar-refractivity contribution in [3.8, 4) is 11.5 Å². The zero-order valence-corrected chi connectivity index (χ0v) is 14.1. The lowest BCUT2D eigenvalue weighted by Crippen LogP contribution is -2.44. The highest BCUT2D eigenvalue weighted by atomic mass is 35.5. The molecule has 2 N–H and O–H groups in total. The maximum atomic E-state index is 11.0. The third-order valence-electron chi connectivity index (χ3n) is 3.67. The molecule has 0 amide bonds. The Balaban J connectivity index is 0.00000220. The monoisotopic (exact) mass is 353 g/mol. The molecule has 1 atom stereocenters. The third kappa shape index (κ3) is 4.36. The number of hydrogen-bond acceptors (Lipinski definition) is 6. The van der Waals surface area contributed by atoms with Gasteiger partial charge < -0.3 is 15.2 Å². The van der Waals surface area contributed by atoms with E-state index in [1.54, 1.807) is 0 Å². The molecule has 0 bridgehead atoms. The molecule has 9 heteroatoms. The fourth-order valence-corrected chi connectivity index (χ4v) is 2.46. The molecule has 0 radical (unpaired) electrons. The minimum atomic E-state index is -0.476. The van der Waals surface area contributed by atoms with Gasteiger partial charge in [-0.15, -0.1) is 24.8 Å². The third-order valence-corrected chi connectivity index (χ3v) is 3.67. The van der Waals surface area contributed by atoms with Crippen molar-refractivity contribution in [2.75, 3.05) is 33.3 Å². The summed E-state index contributed by atoms with van der Waals surface area (Å²) in [5, 5.41) is 24.4. The van der Waals surface area contributed by atoms with Crippen molar-refractivity contribution < 1.29 is 14.8 Å². The number of non-ortho nitro benzene ring substituents is 1. The molecule has 1 aromatic carbocycles. The summed E-state index contributed by atoms with van der Waals surface area (Å²) in [5.74, 6) is 0.111. The number of phenols is 1. The van der Waals surface area contributed by atoms with E-state index in [2.05, 4.69) is 10.2 Å². The molecule has 1 saturated heterocycles. The van der Waals surface area contributed by atoms with Gasteiger partial charge in [0.15, 0.2) is 11.5 Å². The molecule has 0 aliphatic carbocycles. The molecular weight excluding hydrogens is 333 g/mol. The predicted molar refractivity (Wildman–Crippen MR) is 88.7 cm³/mol. The Bertz CT molecular complexity index is 510. The van der Waals surface area contributed by atoms with E-state index in [0.29, 0.717) is 5.56 Å². The number of nitrogens with one attached hydrogen (secondary N) is 1. The number of rotatable bonds is 4. The number of benzene rings is 1. The van der Waals surface area contributed by atoms with Crippen molar-refractivity contribution in [1.82, 2.24) is 10.2 Å². The van der Waals surface area contributed by atoms with E-state index in [1.807, 2.05) is 6.92 Å². The Hall–Kier alpha value is -1.28. The number of aromatic hydroxyl groups is 1. The van der Waals surface area contributed by atoms with Crippen LogP contribution in [0.25, 0.3) is 0 Å². The number of nitro groups is 1. The van der Waals surface area contributed by atoms with E-state index in [-0.39, 0.29) is 48.0 Å². The van der Waals surface area contributed by atoms with E-state index in [0.717, 1.165) is 26.2 Å². The molecule has 0 spiro atoms. The van der Waals surface area contributed by atoms with Gasteiger partial charge in [0.05, 0.1) is 18.1 Å². The summed E-state index contributed by atoms with van der Waals surface area (Å²) in [4.78, 5) is 12.7. The Morgan fingerprint density at radius 1 is 1.36 bits per heavy atom. The first kappa shape index (κ1) is 20.7. The smallest absolute Gasteiger partial charge is 0.273 e. The second-order valence-electron chi connectivity index (χ2n) is 4.80. The van der Waals surface area contributed by atoms with E-state index in [4.69, 9.17) is 4.74 Å². The summed E-state index contributed by atoms with van der Waals surface area (Å²) < 4.78 is 5.03. The standard InChI is InChI=1S/C13H19N3O4.2ClH/c1-9(15-5-3-14-4-6-15)11-7-10(16(18)19)8-12(20-2)13(11)17;;/h7-9,14,17H,3-6H2,1-2H3;2*1H/t9-;;/m0../s1. The number of nitro benzene ring substituents is 1. The number of hydrogen-bond donors (Lipinski definition) is 2. The van der Waals surface area contributed by atoms with Crippen LogP contribution in [0.2, 0.25) is 0 Å². The second-order valence-corrected chi connectivity index (χ2v) is 4.80. The van der Waals surface area contributed by atoms with Crippen LogP contribution in [0.5, 0.6) is 11.5 Å². The van der Waals surface area contributed by atoms with E-state index in [1.165, 1.54) is 19.2 Å². The Kier molecular flexibility index (Phi) is 8.47. The molecule has 1 heterocycles. The van der Waals surface area contributed by atoms with Crippen LogP contribution in [0.4, 0.5) is 5.69 Å². The van der Waals surface area contributed by atoms with E-state index in [9.17, 15) is 15.2 Å². The lowest BCUT2D eigenvalue weighted by Gasteiger charge is -2.33. The van der Waals surface area contributed by atoms with Crippen molar-refractivity contribution in [1.29, 1.82) is 0 Å². The van der Waals surface area contributed by atoms with Gasteiger partial charge >= 0.3 is 0 Å². The summed E-state index contributed by atoms with van der Waals surface area (Å²) in [6, 6.07) is 2.55. The van der Waals surface area contributed by atoms with Crippen LogP contribution in [0.1, 0.15) is 18.5 Å². The lowest BCUT2D eigenvalue weighted by atomic mass is 10.0. The van der Waals surface area contributed by atoms with Crippen LogP contribution in [0.15, 0.2) is 12.1 Å². The molecule has 7 nitrogen and oxygen atoms in total. The molecule has 1 aliphatic rings. The minimum Gasteiger partial charge on any atom is -0.504 e. The van der Waals surface area contributed by atoms with Crippen molar-refractivity contribution in [2.24, 2.45) is 0 Å². The maximum absolute atomic E-state index is 11.0. The molecular formula is C13H21Cl2N3O4. The van der Waals surface area contributed by atoms with Crippen molar-refractivity contribution >= 4 is 30.5 Å². The number of methoxy groups -OCH3 is 1. The molecule has 0 unspecified atom stereocenters. The number of nitrogens with zero attached hydrogens (tertiary/aromatic N) is 2. The first-order valence-electron chi connectivity index (χ1n) is 6.54. The molecule has 1 aromatic rings. The molecule has 0 aromatic heterocycles. The Morgan fingerprint density at radius 2 is 1.95 bits per heavy atom. The maximum Gasteiger partial charge on any atom is 0.273 e. The van der Waals surface area contributed by atoms with Gasteiger partial charge in [-0.25, -0.2) is 0 Å². The first-order valence-corrected chi connectivity index (χ1v) is 6.54. The largest absolute Gasteiger partial charge is 0.504 e. The molecule has 22 heavy (non-hydrogen) atoms. The van der Waals surface area contributed by atoms with Crippen molar-refractivity contribution in [3.63, 3.8) is 0 Å². The van der Waals surface area contributed by atoms with Gasteiger partial charge in [0.2, 0.25) is 0 Å². The van der Waals surface area contributed by atoms with Crippen molar-refractivity contribution in [2.45, 2.75) is 13.0 Å². The van der Waals surface area contributed by atoms with Crippen LogP contribution in [-0.4, -0.2) is 48.2 Å². The Morgan fingerprint density at radius 3 is 2.45 bits per heavy atom. The van der Waals surface area contributed by atoms with Crippen molar-refractivity contribution in [3.05, 3.63) is 27.8 Å². The molecule has 0 saturated carbocycles. The fourth-order valence-electron chi connectivity index (χ4n) is 2.46. The molecule has 1 fully saturated rings. The Labute approximate surface area is 141 Å². The van der Waals surface area contributed by atoms with Crippen LogP contribution < -0.4 is 10.1 Å². The highest BCUT2D eigenvalue weighted by Crippen LogP contribution is 2.39. The van der Waals surface area contributed by atoms with E-state index < -0.39 is 4.92 Å². The van der Waals surface area contributed by atoms with E-state index >= 15 is 0 Å². The fraction of sp³-hybridized carbons (Fsp3) is 0.538. The van der Waals surface area contributed by atoms with Gasteiger partial charge in [0.25, 0.3) is 5.69 Å². The van der Waals surface area contributed by atoms with Gasteiger partial charge in [-0.3, -0.25) is 15.0 Å². The van der Waals surface area contributed by atoms with Crippen LogP contribution >= 0.6 is 24.8 Å². The SMILES string of the molecule is COc1cc([N+](=O)[O-])cc([C@H](C)N2CCNCC2)c1O.Cl.Cl. The summed E-state index contributed by atoms with van der Waals surface area (Å²) in [5.41, 5.74) is 0.453. The quantitative estimate of drug-likeness (QED) is 0.636. The second kappa shape index (κ2) is 8.99. The molecule has 1 aliphatic heterocycles. The summed E-state index contributed by atoms with van der Waals surface area (Å²) in [6.07, 6.45) is 0. The number of phenolic OH excluding ortho intramolecular Hbond substituents is 1. The topological polar surface area (TPSA) is 87.9 Å². The zero-order valence-electron chi connectivity index (χ0n) is 12.4. The number of ether oxygens (including phenoxy) is 1. The van der Waals surface area contributed by atoms with Crippen LogP contribution in [0, 0.1) is 10.1 Å². The molecule has 2 rings (SSSR count). The highest BCUT2D eigenvalue weighted by Gasteiger charge is 2.25. The average Bonchev–Trinajstić information content (AvgIpc) is 2.47. The number of halogens is 2. The van der Waals surface area contributed by atoms with Gasteiger partial charge in [0.1, 0.15) is 0 Å². The minimum absolute atomic E-state index is 0. The number of piperazine rings is 1. The van der Waals surface area contributed by atoms with Crippen LogP contribution in [0.3, 0.4) is 0 Å². The zero-order chi connectivity index (χ0) is 14.7. The van der Waals surface area contributed by atoms with Gasteiger partial charge in [0, 0.05) is 43.9 Å². The normalized spacial score (nSPS) is 16.1. The first-order chi connectivity index (χ1) is 9.54. The average molecular weight is 354 g/mol. The van der Waals surface area contributed by atoms with Crippen LogP contribution in [-0.2, 0) is 0 Å². The highest BCUT2D eigenvalue weighted by molar-refractivity contribution is 5.85. The summed E-state index contributed by atoms with van der Waals surface area (Å²) in [7, 11) is 1.39. The molecule has 126 valence electrons. The van der Waals surface area contributed by atoms with Gasteiger partial charge in [-0.05, 0) is 6.92 Å². The lowest BCUT2D eigenvalue weighted by molar-refractivity contribution is -0.385. The predicted octanol–water partition coefficient (Wildman–Crippen LogP) is 2.12. The van der Waals surface area contributed by atoms with Gasteiger partial charge in [-0.1, -0.05) is 0 Å². The summed E-state index contributed by atoms with van der Waals surface area (Å²) >= 11 is 0. The summed E-state index contributed by atoms with van der Waals surface area (Å²) in [6.45, 7) is 5.36.